The van der Waals surface area contributed by atoms with Crippen molar-refractivity contribution in [2.75, 3.05) is 0 Å². The molecule has 3 aliphatic rings. The number of aryl methyl sites for hydroxylation is 1. The molecule has 2 aromatic rings. The molecular weight excluding hydrogens is 346 g/mol. The number of carboxylic acid groups (broad SMARTS) is 1. The van der Waals surface area contributed by atoms with E-state index in [4.69, 9.17) is 4.52 Å². The van der Waals surface area contributed by atoms with E-state index in [2.05, 4.69) is 10.1 Å². The average molecular weight is 369 g/mol. The molecule has 0 spiro atoms. The van der Waals surface area contributed by atoms with Gasteiger partial charge in [-0.25, -0.2) is 9.78 Å². The van der Waals surface area contributed by atoms with E-state index in [1.54, 1.807) is 11.8 Å². The molecule has 1 N–H and O–H groups in total. The third kappa shape index (κ3) is 2.63. The van der Waals surface area contributed by atoms with Crippen LogP contribution in [0.5, 0.6) is 0 Å². The zero-order valence-corrected chi connectivity index (χ0v) is 15.4. The summed E-state index contributed by atoms with van der Waals surface area (Å²) < 4.78 is 5.35. The molecule has 3 unspecified atom stereocenters. The van der Waals surface area contributed by atoms with Crippen LogP contribution in [0.4, 0.5) is 0 Å². The Hall–Kier alpha value is -2.44. The average Bonchev–Trinajstić information content (AvgIpc) is 3.34. The standard InChI is InChI=1S/C20H23N3O4/c1-10-17-13(9-14(11-6-7-11)21-18(17)27-22-10)19(24)23-15-5-3-2-4-12(15)8-16(23)20(25)26/h9,11-12,15-16H,2-8H2,1H3,(H,25,26). The second kappa shape index (κ2) is 6.04. The number of nitrogens with zero attached hydrogens (tertiary/aromatic N) is 3. The normalized spacial score (nSPS) is 27.7. The summed E-state index contributed by atoms with van der Waals surface area (Å²) in [6, 6.07) is 1.11. The van der Waals surface area contributed by atoms with Crippen LogP contribution in [0.25, 0.3) is 11.1 Å². The van der Waals surface area contributed by atoms with Gasteiger partial charge in [-0.05, 0) is 51.0 Å². The fraction of sp³-hybridized carbons (Fsp3) is 0.600. The molecule has 142 valence electrons. The second-order valence-electron chi connectivity index (χ2n) is 8.23. The van der Waals surface area contributed by atoms with Gasteiger partial charge in [-0.2, -0.15) is 0 Å². The van der Waals surface area contributed by atoms with Gasteiger partial charge < -0.3 is 14.5 Å². The highest BCUT2D eigenvalue weighted by Crippen LogP contribution is 2.43. The van der Waals surface area contributed by atoms with Crippen LogP contribution in [-0.4, -0.2) is 44.1 Å². The predicted octanol–water partition coefficient (Wildman–Crippen LogP) is 3.27. The van der Waals surface area contributed by atoms with E-state index in [-0.39, 0.29) is 17.9 Å². The minimum absolute atomic E-state index is 0.0140. The van der Waals surface area contributed by atoms with Crippen molar-refractivity contribution in [2.24, 2.45) is 5.92 Å². The highest BCUT2D eigenvalue weighted by molar-refractivity contribution is 6.07. The van der Waals surface area contributed by atoms with Gasteiger partial charge in [0.2, 0.25) is 0 Å². The summed E-state index contributed by atoms with van der Waals surface area (Å²) in [5, 5.41) is 14.4. The van der Waals surface area contributed by atoms with Gasteiger partial charge in [-0.1, -0.05) is 18.0 Å². The fourth-order valence-electron chi connectivity index (χ4n) is 4.98. The van der Waals surface area contributed by atoms with Crippen LogP contribution < -0.4 is 0 Å². The molecule has 3 atom stereocenters. The minimum atomic E-state index is -0.910. The third-order valence-electron chi connectivity index (χ3n) is 6.47. The summed E-state index contributed by atoms with van der Waals surface area (Å²) in [6.45, 7) is 1.79. The summed E-state index contributed by atoms with van der Waals surface area (Å²) in [5.41, 5.74) is 2.35. The Balaban J connectivity index is 1.61. The number of aromatic nitrogens is 2. The Bertz CT molecular complexity index is 933. The molecule has 7 heteroatoms. The molecule has 0 radical (unpaired) electrons. The summed E-state index contributed by atoms with van der Waals surface area (Å²) in [4.78, 5) is 31.8. The Morgan fingerprint density at radius 1 is 1.22 bits per heavy atom. The van der Waals surface area contributed by atoms with Gasteiger partial charge in [0.05, 0.1) is 16.6 Å². The van der Waals surface area contributed by atoms with Crippen LogP contribution in [0.3, 0.4) is 0 Å². The molecule has 2 aliphatic carbocycles. The molecule has 2 saturated carbocycles. The van der Waals surface area contributed by atoms with Crippen LogP contribution >= 0.6 is 0 Å². The van der Waals surface area contributed by atoms with Gasteiger partial charge in [-0.15, -0.1) is 0 Å². The molecule has 5 rings (SSSR count). The van der Waals surface area contributed by atoms with Crippen molar-refractivity contribution in [1.29, 1.82) is 0 Å². The van der Waals surface area contributed by atoms with Crippen LogP contribution in [0, 0.1) is 12.8 Å². The van der Waals surface area contributed by atoms with E-state index in [1.807, 2.05) is 6.07 Å². The van der Waals surface area contributed by atoms with Crippen molar-refractivity contribution in [2.45, 2.75) is 69.9 Å². The summed E-state index contributed by atoms with van der Waals surface area (Å²) in [7, 11) is 0. The fourth-order valence-corrected chi connectivity index (χ4v) is 4.98. The first-order valence-electron chi connectivity index (χ1n) is 9.87. The summed E-state index contributed by atoms with van der Waals surface area (Å²) >= 11 is 0. The predicted molar refractivity (Wildman–Crippen MR) is 96.5 cm³/mol. The van der Waals surface area contributed by atoms with Gasteiger partial charge in [-0.3, -0.25) is 4.79 Å². The van der Waals surface area contributed by atoms with Crippen molar-refractivity contribution in [3.05, 3.63) is 23.0 Å². The first-order valence-corrected chi connectivity index (χ1v) is 9.87. The van der Waals surface area contributed by atoms with Crippen molar-refractivity contribution in [1.82, 2.24) is 15.0 Å². The lowest BCUT2D eigenvalue weighted by Gasteiger charge is -2.33. The first-order chi connectivity index (χ1) is 13.0. The number of pyridine rings is 1. The van der Waals surface area contributed by atoms with Crippen LogP contribution in [-0.2, 0) is 4.79 Å². The number of fused-ring (bicyclic) bond motifs is 2. The number of likely N-dealkylation sites (tertiary alicyclic amines) is 1. The molecule has 27 heavy (non-hydrogen) atoms. The number of carbonyl (C=O) groups is 2. The molecule has 3 fully saturated rings. The molecule has 2 aromatic heterocycles. The Kier molecular flexibility index (Phi) is 3.74. The van der Waals surface area contributed by atoms with Crippen LogP contribution in [0.1, 0.15) is 72.6 Å². The SMILES string of the molecule is Cc1noc2nc(C3CC3)cc(C(=O)N3C(C(=O)O)CC4CCCCC43)c12. The second-order valence-corrected chi connectivity index (χ2v) is 8.23. The monoisotopic (exact) mass is 369 g/mol. The summed E-state index contributed by atoms with van der Waals surface area (Å²) in [6.07, 6.45) is 6.72. The maximum absolute atomic E-state index is 13.6. The Morgan fingerprint density at radius 3 is 2.74 bits per heavy atom. The lowest BCUT2D eigenvalue weighted by Crippen LogP contribution is -2.46. The highest BCUT2D eigenvalue weighted by Gasteiger charge is 2.48. The third-order valence-corrected chi connectivity index (χ3v) is 6.47. The number of hydrogen-bond acceptors (Lipinski definition) is 5. The zero-order valence-electron chi connectivity index (χ0n) is 15.4. The molecule has 7 nitrogen and oxygen atoms in total. The first kappa shape index (κ1) is 16.7. The number of carboxylic acids is 1. The largest absolute Gasteiger partial charge is 0.480 e. The molecule has 0 aromatic carbocycles. The van der Waals surface area contributed by atoms with Gasteiger partial charge in [0.1, 0.15) is 6.04 Å². The van der Waals surface area contributed by atoms with Crippen molar-refractivity contribution in [3.63, 3.8) is 0 Å². The number of aliphatic carboxylic acids is 1. The topological polar surface area (TPSA) is 96.5 Å². The number of rotatable bonds is 3. The van der Waals surface area contributed by atoms with Gasteiger partial charge in [0.25, 0.3) is 11.6 Å². The van der Waals surface area contributed by atoms with Crippen LogP contribution in [0.2, 0.25) is 0 Å². The molecular formula is C20H23N3O4. The lowest BCUT2D eigenvalue weighted by molar-refractivity contribution is -0.141. The van der Waals surface area contributed by atoms with E-state index in [9.17, 15) is 14.7 Å². The Morgan fingerprint density at radius 2 is 2.00 bits per heavy atom. The van der Waals surface area contributed by atoms with E-state index in [0.717, 1.165) is 44.2 Å². The smallest absolute Gasteiger partial charge is 0.326 e. The zero-order chi connectivity index (χ0) is 18.7. The highest BCUT2D eigenvalue weighted by atomic mass is 16.5. The quantitative estimate of drug-likeness (QED) is 0.892. The van der Waals surface area contributed by atoms with E-state index < -0.39 is 12.0 Å². The molecule has 3 heterocycles. The van der Waals surface area contributed by atoms with E-state index in [0.29, 0.717) is 34.7 Å². The van der Waals surface area contributed by atoms with Gasteiger partial charge >= 0.3 is 5.97 Å². The van der Waals surface area contributed by atoms with Gasteiger partial charge in [0, 0.05) is 17.7 Å². The molecule has 1 aliphatic heterocycles. The molecule has 0 bridgehead atoms. The number of amides is 1. The molecule has 1 amide bonds. The van der Waals surface area contributed by atoms with Crippen molar-refractivity contribution < 1.29 is 19.2 Å². The molecule has 1 saturated heterocycles. The summed E-state index contributed by atoms with van der Waals surface area (Å²) in [5.74, 6) is -0.472. The van der Waals surface area contributed by atoms with E-state index in [1.165, 1.54) is 0 Å². The van der Waals surface area contributed by atoms with Crippen molar-refractivity contribution >= 4 is 23.0 Å². The maximum Gasteiger partial charge on any atom is 0.326 e. The lowest BCUT2D eigenvalue weighted by atomic mass is 9.84. The number of carbonyl (C=O) groups excluding carboxylic acids is 1. The maximum atomic E-state index is 13.6. The Labute approximate surface area is 156 Å². The van der Waals surface area contributed by atoms with Crippen LogP contribution in [0.15, 0.2) is 10.6 Å². The number of hydrogen-bond donors (Lipinski definition) is 1. The van der Waals surface area contributed by atoms with Crippen molar-refractivity contribution in [3.8, 4) is 0 Å². The van der Waals surface area contributed by atoms with Gasteiger partial charge in [0.15, 0.2) is 0 Å². The minimum Gasteiger partial charge on any atom is -0.480 e. The van der Waals surface area contributed by atoms with E-state index >= 15 is 0 Å².